The molecule has 0 aromatic carbocycles. The van der Waals surface area contributed by atoms with Crippen LogP contribution >= 0.6 is 11.3 Å². The van der Waals surface area contributed by atoms with Crippen LogP contribution in [0, 0.1) is 19.8 Å². The number of carbonyl (C=O) groups excluding carboxylic acids is 1. The maximum atomic E-state index is 12.5. The van der Waals surface area contributed by atoms with E-state index < -0.39 is 18.6 Å². The number of halogens is 3. The summed E-state index contributed by atoms with van der Waals surface area (Å²) < 4.78 is 37.5. The summed E-state index contributed by atoms with van der Waals surface area (Å²) in [5, 5.41) is 1.04. The fourth-order valence-corrected chi connectivity index (χ4v) is 4.39. The molecule has 2 aromatic rings. The third-order valence-corrected chi connectivity index (χ3v) is 6.00. The van der Waals surface area contributed by atoms with E-state index in [1.54, 1.807) is 17.7 Å². The first kappa shape index (κ1) is 18.9. The largest absolute Gasteiger partial charge is 0.406 e. The van der Waals surface area contributed by atoms with Crippen LogP contribution in [0.3, 0.4) is 0 Å². The Hall–Kier alpha value is -1.90. The van der Waals surface area contributed by atoms with Crippen molar-refractivity contribution >= 4 is 33.3 Å². The molecule has 0 bridgehead atoms. The Kier molecular flexibility index (Phi) is 5.09. The zero-order valence-corrected chi connectivity index (χ0v) is 15.7. The summed E-state index contributed by atoms with van der Waals surface area (Å²) >= 11 is 1.63. The van der Waals surface area contributed by atoms with Gasteiger partial charge in [0.05, 0.1) is 5.39 Å². The third-order valence-electron chi connectivity index (χ3n) is 4.88. The van der Waals surface area contributed by atoms with Gasteiger partial charge >= 0.3 is 6.18 Å². The topological polar surface area (TPSA) is 49.3 Å². The number of hydrogen-bond acceptors (Lipinski definition) is 5. The first-order valence-electron chi connectivity index (χ1n) is 8.44. The van der Waals surface area contributed by atoms with E-state index >= 15 is 0 Å². The summed E-state index contributed by atoms with van der Waals surface area (Å²) in [4.78, 5) is 26.1. The molecule has 0 saturated carbocycles. The van der Waals surface area contributed by atoms with Crippen LogP contribution in [0.2, 0.25) is 0 Å². The SMILES string of the molecule is Cc1sc2ncnc(N3CCC(C(=O)N(C)CC(F)(F)F)CC3)c2c1C. The number of anilines is 1. The Morgan fingerprint density at radius 1 is 1.31 bits per heavy atom. The van der Waals surface area contributed by atoms with Crippen molar-refractivity contribution in [2.45, 2.75) is 32.9 Å². The molecule has 3 rings (SSSR count). The standard InChI is InChI=1S/C17H21F3N4OS/c1-10-11(2)26-15-13(10)14(21-9-22-15)24-6-4-12(5-7-24)16(25)23(3)8-17(18,19)20/h9,12H,4-8H2,1-3H3. The molecule has 0 N–H and O–H groups in total. The number of carbonyl (C=O) groups is 1. The van der Waals surface area contributed by atoms with Crippen LogP contribution in [0.15, 0.2) is 6.33 Å². The Bertz CT molecular complexity index is 812. The quantitative estimate of drug-likeness (QED) is 0.810. The molecule has 1 saturated heterocycles. The average molecular weight is 386 g/mol. The highest BCUT2D eigenvalue weighted by Crippen LogP contribution is 2.35. The van der Waals surface area contributed by atoms with Crippen molar-refractivity contribution in [3.8, 4) is 0 Å². The molecule has 2 aromatic heterocycles. The third kappa shape index (κ3) is 3.77. The molecule has 1 aliphatic rings. The van der Waals surface area contributed by atoms with Crippen molar-refractivity contribution in [3.63, 3.8) is 0 Å². The number of hydrogen-bond donors (Lipinski definition) is 0. The van der Waals surface area contributed by atoms with Gasteiger partial charge in [-0.25, -0.2) is 9.97 Å². The van der Waals surface area contributed by atoms with Gasteiger partial charge in [-0.1, -0.05) is 0 Å². The predicted octanol–water partition coefficient (Wildman–Crippen LogP) is 3.55. The van der Waals surface area contributed by atoms with Gasteiger partial charge in [-0.15, -0.1) is 11.3 Å². The van der Waals surface area contributed by atoms with E-state index in [4.69, 9.17) is 0 Å². The second-order valence-corrected chi connectivity index (χ2v) is 7.93. The van der Waals surface area contributed by atoms with Gasteiger partial charge in [0, 0.05) is 30.9 Å². The lowest BCUT2D eigenvalue weighted by Gasteiger charge is -2.34. The second-order valence-electron chi connectivity index (χ2n) is 6.73. The lowest BCUT2D eigenvalue weighted by atomic mass is 9.95. The summed E-state index contributed by atoms with van der Waals surface area (Å²) in [6, 6.07) is 0. The van der Waals surface area contributed by atoms with E-state index in [0.717, 1.165) is 26.5 Å². The van der Waals surface area contributed by atoms with Crippen molar-refractivity contribution < 1.29 is 18.0 Å². The highest BCUT2D eigenvalue weighted by Gasteiger charge is 2.35. The lowest BCUT2D eigenvalue weighted by Crippen LogP contribution is -2.44. The van der Waals surface area contributed by atoms with Crippen LogP contribution < -0.4 is 4.90 Å². The number of fused-ring (bicyclic) bond motifs is 1. The summed E-state index contributed by atoms with van der Waals surface area (Å²) in [5.41, 5.74) is 1.16. The molecule has 9 heteroatoms. The number of rotatable bonds is 3. The van der Waals surface area contributed by atoms with E-state index in [1.165, 1.54) is 11.9 Å². The minimum absolute atomic E-state index is 0.374. The van der Waals surface area contributed by atoms with E-state index in [2.05, 4.69) is 14.9 Å². The number of aryl methyl sites for hydroxylation is 2. The van der Waals surface area contributed by atoms with Gasteiger partial charge in [0.2, 0.25) is 5.91 Å². The van der Waals surface area contributed by atoms with Crippen LogP contribution in [0.4, 0.5) is 19.0 Å². The smallest absolute Gasteiger partial charge is 0.356 e. The molecule has 0 spiro atoms. The van der Waals surface area contributed by atoms with E-state index in [-0.39, 0.29) is 5.92 Å². The zero-order chi connectivity index (χ0) is 19.1. The minimum Gasteiger partial charge on any atom is -0.356 e. The summed E-state index contributed by atoms with van der Waals surface area (Å²) in [5.74, 6) is 0.0463. The Balaban J connectivity index is 1.70. The van der Waals surface area contributed by atoms with Crippen molar-refractivity contribution in [2.24, 2.45) is 5.92 Å². The van der Waals surface area contributed by atoms with Crippen molar-refractivity contribution in [2.75, 3.05) is 31.6 Å². The molecule has 1 amide bonds. The highest BCUT2D eigenvalue weighted by atomic mass is 32.1. The summed E-state index contributed by atoms with van der Waals surface area (Å²) in [6.07, 6.45) is -1.78. The first-order valence-corrected chi connectivity index (χ1v) is 9.26. The molecular formula is C17H21F3N4OS. The van der Waals surface area contributed by atoms with Crippen LogP contribution in [-0.4, -0.2) is 53.6 Å². The number of piperidine rings is 1. The molecule has 1 aliphatic heterocycles. The van der Waals surface area contributed by atoms with Gasteiger partial charge in [0.25, 0.3) is 0 Å². The summed E-state index contributed by atoms with van der Waals surface area (Å²) in [7, 11) is 1.22. The molecule has 0 atom stereocenters. The van der Waals surface area contributed by atoms with Crippen LogP contribution in [0.25, 0.3) is 10.2 Å². The lowest BCUT2D eigenvalue weighted by molar-refractivity contribution is -0.161. The van der Waals surface area contributed by atoms with Crippen LogP contribution in [0.1, 0.15) is 23.3 Å². The molecular weight excluding hydrogens is 365 g/mol. The van der Waals surface area contributed by atoms with Crippen molar-refractivity contribution in [1.82, 2.24) is 14.9 Å². The fraction of sp³-hybridized carbons (Fsp3) is 0.588. The number of nitrogens with zero attached hydrogens (tertiary/aromatic N) is 4. The first-order chi connectivity index (χ1) is 12.2. The molecule has 142 valence electrons. The van der Waals surface area contributed by atoms with Gasteiger partial charge < -0.3 is 9.80 Å². The predicted molar refractivity (Wildman–Crippen MR) is 95.5 cm³/mol. The molecule has 26 heavy (non-hydrogen) atoms. The Labute approximate surface area is 153 Å². The maximum Gasteiger partial charge on any atom is 0.406 e. The second kappa shape index (κ2) is 7.02. The average Bonchev–Trinajstić information content (AvgIpc) is 2.87. The van der Waals surface area contributed by atoms with Gasteiger partial charge in [0.15, 0.2) is 0 Å². The van der Waals surface area contributed by atoms with E-state index in [1.807, 2.05) is 13.8 Å². The van der Waals surface area contributed by atoms with Crippen LogP contribution in [0.5, 0.6) is 0 Å². The number of aromatic nitrogens is 2. The maximum absolute atomic E-state index is 12.5. The monoisotopic (exact) mass is 386 g/mol. The normalized spacial score (nSPS) is 16.3. The molecule has 1 fully saturated rings. The van der Waals surface area contributed by atoms with Gasteiger partial charge in [-0.2, -0.15) is 13.2 Å². The van der Waals surface area contributed by atoms with Gasteiger partial charge in [0.1, 0.15) is 23.5 Å². The molecule has 3 heterocycles. The van der Waals surface area contributed by atoms with Crippen LogP contribution in [-0.2, 0) is 4.79 Å². The number of amides is 1. The van der Waals surface area contributed by atoms with Gasteiger partial charge in [-0.05, 0) is 32.3 Å². The Morgan fingerprint density at radius 3 is 2.58 bits per heavy atom. The zero-order valence-electron chi connectivity index (χ0n) is 14.9. The molecule has 0 radical (unpaired) electrons. The van der Waals surface area contributed by atoms with E-state index in [0.29, 0.717) is 25.9 Å². The summed E-state index contributed by atoms with van der Waals surface area (Å²) in [6.45, 7) is 4.08. The van der Waals surface area contributed by atoms with Crippen molar-refractivity contribution in [3.05, 3.63) is 16.8 Å². The Morgan fingerprint density at radius 2 is 1.96 bits per heavy atom. The van der Waals surface area contributed by atoms with Gasteiger partial charge in [-0.3, -0.25) is 4.79 Å². The number of alkyl halides is 3. The van der Waals surface area contributed by atoms with E-state index in [9.17, 15) is 18.0 Å². The molecule has 0 aliphatic carbocycles. The highest BCUT2D eigenvalue weighted by molar-refractivity contribution is 7.18. The molecule has 5 nitrogen and oxygen atoms in total. The van der Waals surface area contributed by atoms with Crippen molar-refractivity contribution in [1.29, 1.82) is 0 Å². The fourth-order valence-electron chi connectivity index (χ4n) is 3.40. The molecule has 0 unspecified atom stereocenters. The minimum atomic E-state index is -4.37. The number of thiophene rings is 1.